The summed E-state index contributed by atoms with van der Waals surface area (Å²) in [6.07, 6.45) is 2.31. The van der Waals surface area contributed by atoms with Gasteiger partial charge in [-0.05, 0) is 162 Å². The smallest absolute Gasteiger partial charge is 0.264 e. The second-order valence-electron chi connectivity index (χ2n) is 27.0. The summed E-state index contributed by atoms with van der Waals surface area (Å²) < 4.78 is 2.74. The largest absolute Gasteiger partial charge is 0.311 e. The molecule has 0 saturated heterocycles. The van der Waals surface area contributed by atoms with E-state index in [2.05, 4.69) is 271 Å². The van der Waals surface area contributed by atoms with Crippen LogP contribution in [0, 0.1) is 0 Å². The van der Waals surface area contributed by atoms with Crippen molar-refractivity contribution in [3.8, 4) is 0 Å². The summed E-state index contributed by atoms with van der Waals surface area (Å²) in [7, 11) is 0. The maximum atomic E-state index is 2.70. The molecule has 0 spiro atoms. The first-order valence-electron chi connectivity index (χ1n) is 26.9. The van der Waals surface area contributed by atoms with Gasteiger partial charge >= 0.3 is 0 Å². The van der Waals surface area contributed by atoms with E-state index in [0.717, 1.165) is 29.9 Å². The summed E-state index contributed by atoms with van der Waals surface area (Å²) in [5.41, 5.74) is 21.8. The van der Waals surface area contributed by atoms with Gasteiger partial charge in [-0.3, -0.25) is 0 Å². The van der Waals surface area contributed by atoms with E-state index in [0.29, 0.717) is 0 Å². The molecule has 2 aliphatic heterocycles. The van der Waals surface area contributed by atoms with Crippen molar-refractivity contribution in [1.29, 1.82) is 0 Å². The number of para-hydroxylation sites is 2. The van der Waals surface area contributed by atoms with Crippen molar-refractivity contribution in [2.45, 2.75) is 156 Å². The predicted octanol–water partition coefficient (Wildman–Crippen LogP) is 18.0. The standard InChI is InChI=1S/C68H76BN3S/c1-63(2,3)43-26-31-47(32-27-43)70(46-22-18-17-19-23-46)49-39-57-60-58(40-49)72(55-25-21-20-24-51(55)66(10,11)12)56-42-53-52(67(13,14)36-37-68(53,15)16)41-54(56)69(60)62-61(50-38-45(65(7,8)9)30-35-59(50)73-62)71(57)48-33-28-44(29-34-48)64(4,5)6/h17-35,38-42H,36-37H2,1-16H3. The lowest BCUT2D eigenvalue weighted by atomic mass is 9.35. The van der Waals surface area contributed by atoms with E-state index in [9.17, 15) is 0 Å². The highest BCUT2D eigenvalue weighted by molar-refractivity contribution is 7.33. The lowest BCUT2D eigenvalue weighted by Crippen LogP contribution is -2.61. The molecule has 0 unspecified atom stereocenters. The fraction of sp³-hybridized carbons (Fsp3) is 0.353. The van der Waals surface area contributed by atoms with Gasteiger partial charge in [0.2, 0.25) is 0 Å². The van der Waals surface area contributed by atoms with Gasteiger partial charge in [-0.25, -0.2) is 0 Å². The predicted molar refractivity (Wildman–Crippen MR) is 321 cm³/mol. The molecule has 5 heteroatoms. The molecule has 0 amide bonds. The number of hydrogen-bond donors (Lipinski definition) is 0. The van der Waals surface area contributed by atoms with Crippen molar-refractivity contribution in [2.75, 3.05) is 14.7 Å². The molecule has 0 bridgehead atoms. The fourth-order valence-electron chi connectivity index (χ4n) is 12.2. The molecule has 0 atom stereocenters. The van der Waals surface area contributed by atoms with Crippen LogP contribution in [0.2, 0.25) is 0 Å². The van der Waals surface area contributed by atoms with E-state index in [-0.39, 0.29) is 39.2 Å². The number of hydrogen-bond acceptors (Lipinski definition) is 4. The van der Waals surface area contributed by atoms with Gasteiger partial charge in [-0.15, -0.1) is 11.3 Å². The number of rotatable bonds is 5. The number of benzene rings is 7. The van der Waals surface area contributed by atoms with Gasteiger partial charge in [0.25, 0.3) is 6.71 Å². The monoisotopic (exact) mass is 978 g/mol. The quantitative estimate of drug-likeness (QED) is 0.159. The van der Waals surface area contributed by atoms with Gasteiger partial charge in [-0.1, -0.05) is 184 Å². The Hall–Kier alpha value is -6.04. The van der Waals surface area contributed by atoms with Gasteiger partial charge in [0.05, 0.1) is 11.4 Å². The first kappa shape index (κ1) is 49.2. The van der Waals surface area contributed by atoms with Crippen molar-refractivity contribution >= 4 is 95.0 Å². The molecule has 372 valence electrons. The number of fused-ring (bicyclic) bond motifs is 7. The molecule has 3 aliphatic rings. The Kier molecular flexibility index (Phi) is 11.3. The third-order valence-electron chi connectivity index (χ3n) is 16.7. The van der Waals surface area contributed by atoms with Crippen LogP contribution in [0.15, 0.2) is 146 Å². The average Bonchev–Trinajstić information content (AvgIpc) is 3.71. The minimum atomic E-state index is -0.129. The molecule has 8 aromatic rings. The summed E-state index contributed by atoms with van der Waals surface area (Å²) in [5.74, 6) is 0. The first-order valence-corrected chi connectivity index (χ1v) is 27.7. The van der Waals surface area contributed by atoms with Crippen molar-refractivity contribution in [1.82, 2.24) is 0 Å². The maximum Gasteiger partial charge on any atom is 0.264 e. The zero-order valence-corrected chi connectivity index (χ0v) is 47.4. The molecule has 0 saturated carbocycles. The van der Waals surface area contributed by atoms with Crippen LogP contribution < -0.4 is 30.4 Å². The maximum absolute atomic E-state index is 2.70. The molecule has 0 radical (unpaired) electrons. The molecule has 0 fully saturated rings. The Balaban J connectivity index is 1.33. The molecule has 3 nitrogen and oxygen atoms in total. The van der Waals surface area contributed by atoms with E-state index < -0.39 is 0 Å². The van der Waals surface area contributed by atoms with Crippen LogP contribution in [0.1, 0.15) is 157 Å². The number of anilines is 9. The molecule has 3 heterocycles. The summed E-state index contributed by atoms with van der Waals surface area (Å²) in [5, 5.41) is 1.32. The molecule has 0 N–H and O–H groups in total. The van der Waals surface area contributed by atoms with Gasteiger partial charge < -0.3 is 14.7 Å². The molecule has 73 heavy (non-hydrogen) atoms. The minimum absolute atomic E-state index is 0.00920. The second-order valence-corrected chi connectivity index (χ2v) is 28.1. The normalized spacial score (nSPS) is 16.0. The van der Waals surface area contributed by atoms with E-state index in [1.165, 1.54) is 93.3 Å². The molecule has 1 aliphatic carbocycles. The fourth-order valence-corrected chi connectivity index (χ4v) is 13.5. The summed E-state index contributed by atoms with van der Waals surface area (Å²) in [6.45, 7) is 38.0. The van der Waals surface area contributed by atoms with Crippen LogP contribution in [-0.4, -0.2) is 6.71 Å². The Morgan fingerprint density at radius 3 is 1.58 bits per heavy atom. The minimum Gasteiger partial charge on any atom is -0.311 e. The van der Waals surface area contributed by atoms with E-state index in [1.807, 2.05) is 11.3 Å². The third-order valence-corrected chi connectivity index (χ3v) is 17.9. The zero-order valence-electron chi connectivity index (χ0n) is 46.6. The van der Waals surface area contributed by atoms with Gasteiger partial charge in [0.15, 0.2) is 0 Å². The van der Waals surface area contributed by atoms with E-state index in [1.54, 1.807) is 0 Å². The van der Waals surface area contributed by atoms with Crippen LogP contribution in [-0.2, 0) is 32.5 Å². The van der Waals surface area contributed by atoms with Crippen molar-refractivity contribution in [2.24, 2.45) is 0 Å². The Morgan fingerprint density at radius 2 is 0.986 bits per heavy atom. The molecule has 1 aromatic heterocycles. The Labute approximate surface area is 442 Å². The topological polar surface area (TPSA) is 9.72 Å². The third kappa shape index (κ3) is 8.24. The van der Waals surface area contributed by atoms with E-state index in [4.69, 9.17) is 0 Å². The first-order chi connectivity index (χ1) is 34.2. The van der Waals surface area contributed by atoms with Crippen molar-refractivity contribution < 1.29 is 0 Å². The SMILES string of the molecule is CC(C)(C)c1ccc(N(c2ccccc2)c2cc3c4c(c2)N(c2ccc(C(C)(C)C)cc2)c2c(sc5ccc(C(C)(C)C)cc25)B4c2cc4c(cc2N3c2ccccc2C(C)(C)C)C(C)(C)CCC4(C)C)cc1. The Morgan fingerprint density at radius 1 is 0.466 bits per heavy atom. The molecule has 11 rings (SSSR count). The van der Waals surface area contributed by atoms with Crippen LogP contribution in [0.4, 0.5) is 51.2 Å². The highest BCUT2D eigenvalue weighted by atomic mass is 32.1. The Bertz CT molecular complexity index is 3440. The van der Waals surface area contributed by atoms with Crippen LogP contribution in [0.25, 0.3) is 10.1 Å². The highest BCUT2D eigenvalue weighted by Crippen LogP contribution is 2.54. The van der Waals surface area contributed by atoms with Crippen LogP contribution >= 0.6 is 11.3 Å². The molecule has 7 aromatic carbocycles. The zero-order chi connectivity index (χ0) is 51.9. The number of nitrogens with zero attached hydrogens (tertiary/aromatic N) is 3. The van der Waals surface area contributed by atoms with Gasteiger partial charge in [-0.2, -0.15) is 0 Å². The molecular weight excluding hydrogens is 902 g/mol. The van der Waals surface area contributed by atoms with Crippen molar-refractivity contribution in [3.05, 3.63) is 179 Å². The van der Waals surface area contributed by atoms with Crippen LogP contribution in [0.3, 0.4) is 0 Å². The van der Waals surface area contributed by atoms with Crippen LogP contribution in [0.5, 0.6) is 0 Å². The summed E-state index contributed by atoms with van der Waals surface area (Å²) in [4.78, 5) is 7.87. The van der Waals surface area contributed by atoms with E-state index >= 15 is 0 Å². The molecular formula is C68H76BN3S. The summed E-state index contributed by atoms with van der Waals surface area (Å²) in [6, 6.07) is 56.9. The average molecular weight is 978 g/mol. The highest BCUT2D eigenvalue weighted by Gasteiger charge is 2.49. The number of thiophene rings is 1. The second kappa shape index (κ2) is 16.7. The summed E-state index contributed by atoms with van der Waals surface area (Å²) >= 11 is 2.01. The lowest BCUT2D eigenvalue weighted by molar-refractivity contribution is 0.332. The van der Waals surface area contributed by atoms with Gasteiger partial charge in [0, 0.05) is 54.7 Å². The lowest BCUT2D eigenvalue weighted by Gasteiger charge is -2.47. The van der Waals surface area contributed by atoms with Gasteiger partial charge in [0.1, 0.15) is 0 Å². The van der Waals surface area contributed by atoms with Crippen molar-refractivity contribution in [3.63, 3.8) is 0 Å².